The first-order chi connectivity index (χ1) is 33.2. The van der Waals surface area contributed by atoms with E-state index in [4.69, 9.17) is 4.42 Å². The molecule has 0 amide bonds. The summed E-state index contributed by atoms with van der Waals surface area (Å²) in [5, 5.41) is 7.31. The molecule has 2 heterocycles. The number of fused-ring (bicyclic) bond motifs is 7. The van der Waals surface area contributed by atoms with Crippen LogP contribution in [0.25, 0.3) is 105 Å². The van der Waals surface area contributed by atoms with Crippen LogP contribution in [0.1, 0.15) is 0 Å². The lowest BCUT2D eigenvalue weighted by atomic mass is 9.96. The van der Waals surface area contributed by atoms with E-state index in [1.54, 1.807) is 0 Å². The molecule has 0 saturated heterocycles. The summed E-state index contributed by atoms with van der Waals surface area (Å²) >= 11 is 0. The van der Waals surface area contributed by atoms with Crippen LogP contribution in [0.3, 0.4) is 0 Å². The molecule has 0 atom stereocenters. The minimum Gasteiger partial charge on any atom is -0.456 e. The minimum absolute atomic E-state index is 0.897. The molecule has 0 aliphatic carbocycles. The fraction of sp³-hybridized carbons (Fsp3) is 0. The Labute approximate surface area is 388 Å². The summed E-state index contributed by atoms with van der Waals surface area (Å²) in [5.74, 6) is 0. The smallest absolute Gasteiger partial charge is 0.136 e. The summed E-state index contributed by atoms with van der Waals surface area (Å²) < 4.78 is 8.65. The van der Waals surface area contributed by atoms with Crippen LogP contribution in [0.4, 0.5) is 17.1 Å². The lowest BCUT2D eigenvalue weighted by Gasteiger charge is -2.26. The second-order valence-electron chi connectivity index (χ2n) is 17.3. The Hall–Kier alpha value is -8.92. The molecular weight excluding hydrogens is 813 g/mol. The standard InChI is InChI=1S/C64H42N2O/c1-2-16-54-46(12-1)13-10-20-55(54)47-28-26-43(27-29-47)44-30-36-50(37-31-44)65(52-40-34-48(35-41-52)56-21-11-25-63-64(56)59-19-5-8-24-62(59)67-63)51-38-32-45(33-39-51)49-14-9-15-53(42-49)66-60-22-6-3-17-57(60)58-18-4-7-23-61(58)66/h1-42H. The molecule has 0 unspecified atom stereocenters. The van der Waals surface area contributed by atoms with Crippen molar-refractivity contribution < 1.29 is 4.42 Å². The van der Waals surface area contributed by atoms with Crippen molar-refractivity contribution >= 4 is 71.6 Å². The number of furan rings is 1. The van der Waals surface area contributed by atoms with Gasteiger partial charge in [0.05, 0.1) is 11.0 Å². The van der Waals surface area contributed by atoms with Crippen molar-refractivity contribution in [2.45, 2.75) is 0 Å². The lowest BCUT2D eigenvalue weighted by Crippen LogP contribution is -2.09. The zero-order chi connectivity index (χ0) is 44.3. The third kappa shape index (κ3) is 6.67. The molecule has 0 bridgehead atoms. The van der Waals surface area contributed by atoms with Crippen LogP contribution in [0.5, 0.6) is 0 Å². The van der Waals surface area contributed by atoms with Gasteiger partial charge in [0.25, 0.3) is 0 Å². The van der Waals surface area contributed by atoms with Crippen LogP contribution in [0.15, 0.2) is 259 Å². The first-order valence-corrected chi connectivity index (χ1v) is 22.9. The van der Waals surface area contributed by atoms with Gasteiger partial charge in [-0.05, 0) is 128 Å². The Bertz CT molecular complexity index is 3890. The topological polar surface area (TPSA) is 21.3 Å². The highest BCUT2D eigenvalue weighted by molar-refractivity contribution is 6.12. The van der Waals surface area contributed by atoms with Crippen molar-refractivity contribution in [1.29, 1.82) is 0 Å². The van der Waals surface area contributed by atoms with E-state index < -0.39 is 0 Å². The van der Waals surface area contributed by atoms with Gasteiger partial charge in [-0.15, -0.1) is 0 Å². The number of anilines is 3. The zero-order valence-corrected chi connectivity index (χ0v) is 36.6. The van der Waals surface area contributed by atoms with Gasteiger partial charge in [-0.2, -0.15) is 0 Å². The average Bonchev–Trinajstić information content (AvgIpc) is 3.96. The second-order valence-corrected chi connectivity index (χ2v) is 17.3. The summed E-state index contributed by atoms with van der Waals surface area (Å²) in [6, 6.07) is 91.9. The van der Waals surface area contributed by atoms with Gasteiger partial charge in [0.1, 0.15) is 11.2 Å². The maximum absolute atomic E-state index is 6.27. The van der Waals surface area contributed by atoms with Crippen LogP contribution in [0, 0.1) is 0 Å². The second kappa shape index (κ2) is 16.0. The monoisotopic (exact) mass is 854 g/mol. The van der Waals surface area contributed by atoms with Gasteiger partial charge in [0, 0.05) is 44.3 Å². The Morgan fingerprint density at radius 1 is 0.299 bits per heavy atom. The van der Waals surface area contributed by atoms with Crippen molar-refractivity contribution in [2.75, 3.05) is 4.90 Å². The van der Waals surface area contributed by atoms with Crippen LogP contribution in [-0.4, -0.2) is 4.57 Å². The molecule has 0 fully saturated rings. The van der Waals surface area contributed by atoms with Gasteiger partial charge in [-0.3, -0.25) is 0 Å². The Morgan fingerprint density at radius 3 is 1.42 bits per heavy atom. The molecule has 13 aromatic rings. The summed E-state index contributed by atoms with van der Waals surface area (Å²) in [4.78, 5) is 2.35. The summed E-state index contributed by atoms with van der Waals surface area (Å²) in [7, 11) is 0. The molecule has 0 saturated carbocycles. The van der Waals surface area contributed by atoms with Gasteiger partial charge in [0.15, 0.2) is 0 Å². The van der Waals surface area contributed by atoms with E-state index in [2.05, 4.69) is 252 Å². The number of para-hydroxylation sites is 3. The molecular formula is C64H42N2O. The zero-order valence-electron chi connectivity index (χ0n) is 36.6. The Kier molecular flexibility index (Phi) is 9.17. The van der Waals surface area contributed by atoms with E-state index in [1.807, 2.05) is 12.1 Å². The molecule has 2 aromatic heterocycles. The maximum atomic E-state index is 6.27. The molecule has 67 heavy (non-hydrogen) atoms. The highest BCUT2D eigenvalue weighted by Crippen LogP contribution is 2.41. The van der Waals surface area contributed by atoms with Crippen LogP contribution in [0.2, 0.25) is 0 Å². The van der Waals surface area contributed by atoms with Crippen molar-refractivity contribution in [3.8, 4) is 50.2 Å². The highest BCUT2D eigenvalue weighted by Gasteiger charge is 2.17. The normalized spacial score (nSPS) is 11.6. The molecule has 314 valence electrons. The highest BCUT2D eigenvalue weighted by atomic mass is 16.3. The maximum Gasteiger partial charge on any atom is 0.136 e. The number of hydrogen-bond acceptors (Lipinski definition) is 2. The fourth-order valence-electron chi connectivity index (χ4n) is 10.2. The first kappa shape index (κ1) is 38.5. The van der Waals surface area contributed by atoms with Crippen LogP contribution in [-0.2, 0) is 0 Å². The van der Waals surface area contributed by atoms with Crippen LogP contribution < -0.4 is 4.90 Å². The molecule has 0 N–H and O–H groups in total. The van der Waals surface area contributed by atoms with Gasteiger partial charge in [0.2, 0.25) is 0 Å². The van der Waals surface area contributed by atoms with E-state index >= 15 is 0 Å². The third-order valence-corrected chi connectivity index (χ3v) is 13.4. The molecule has 0 aliphatic rings. The summed E-state index contributed by atoms with van der Waals surface area (Å²) in [6.45, 7) is 0. The molecule has 0 aliphatic heterocycles. The quantitative estimate of drug-likeness (QED) is 0.152. The van der Waals surface area contributed by atoms with E-state index in [0.717, 1.165) is 61.4 Å². The van der Waals surface area contributed by atoms with E-state index in [1.165, 1.54) is 60.4 Å². The predicted molar refractivity (Wildman–Crippen MR) is 282 cm³/mol. The van der Waals surface area contributed by atoms with E-state index in [0.29, 0.717) is 0 Å². The number of rotatable bonds is 8. The number of hydrogen-bond donors (Lipinski definition) is 0. The molecule has 0 spiro atoms. The minimum atomic E-state index is 0.897. The number of nitrogens with zero attached hydrogens (tertiary/aromatic N) is 2. The van der Waals surface area contributed by atoms with Gasteiger partial charge in [-0.1, -0.05) is 182 Å². The molecule has 13 rings (SSSR count). The van der Waals surface area contributed by atoms with Crippen molar-refractivity contribution in [2.24, 2.45) is 0 Å². The number of benzene rings is 11. The largest absolute Gasteiger partial charge is 0.456 e. The van der Waals surface area contributed by atoms with Gasteiger partial charge in [-0.25, -0.2) is 0 Å². The summed E-state index contributed by atoms with van der Waals surface area (Å²) in [6.07, 6.45) is 0. The van der Waals surface area contributed by atoms with Gasteiger partial charge >= 0.3 is 0 Å². The van der Waals surface area contributed by atoms with E-state index in [9.17, 15) is 0 Å². The lowest BCUT2D eigenvalue weighted by molar-refractivity contribution is 0.669. The predicted octanol–water partition coefficient (Wildman–Crippen LogP) is 18.0. The fourth-order valence-corrected chi connectivity index (χ4v) is 10.2. The van der Waals surface area contributed by atoms with Crippen LogP contribution >= 0.6 is 0 Å². The van der Waals surface area contributed by atoms with Crippen molar-refractivity contribution in [1.82, 2.24) is 4.57 Å². The molecule has 11 aromatic carbocycles. The summed E-state index contributed by atoms with van der Waals surface area (Å²) in [5.41, 5.74) is 18.0. The first-order valence-electron chi connectivity index (χ1n) is 22.9. The Morgan fingerprint density at radius 2 is 0.746 bits per heavy atom. The number of aromatic nitrogens is 1. The Balaban J connectivity index is 0.864. The molecule has 0 radical (unpaired) electrons. The SMILES string of the molecule is c1cc(-c2ccc(N(c3ccc(-c4ccc(-c5cccc6ccccc56)cc4)cc3)c3ccc(-c4cccc5oc6ccccc6c45)cc3)cc2)cc(-n2c3ccccc3c3ccccc32)c1. The van der Waals surface area contributed by atoms with Crippen molar-refractivity contribution in [3.63, 3.8) is 0 Å². The van der Waals surface area contributed by atoms with E-state index in [-0.39, 0.29) is 0 Å². The average molecular weight is 855 g/mol. The third-order valence-electron chi connectivity index (χ3n) is 13.4. The van der Waals surface area contributed by atoms with Crippen molar-refractivity contribution in [3.05, 3.63) is 255 Å². The van der Waals surface area contributed by atoms with Gasteiger partial charge < -0.3 is 13.9 Å². The molecule has 3 heteroatoms. The molecule has 3 nitrogen and oxygen atoms in total.